The number of rotatable bonds is 3. The summed E-state index contributed by atoms with van der Waals surface area (Å²) in [6.07, 6.45) is 1.41. The lowest BCUT2D eigenvalue weighted by Crippen LogP contribution is -2.30. The molecule has 0 spiro atoms. The molecule has 1 aromatic heterocycles. The van der Waals surface area contributed by atoms with Gasteiger partial charge < -0.3 is 5.32 Å². The summed E-state index contributed by atoms with van der Waals surface area (Å²) in [5, 5.41) is 11.7. The average Bonchev–Trinajstić information content (AvgIpc) is 3.00. The second-order valence-electron chi connectivity index (χ2n) is 4.33. The Kier molecular flexibility index (Phi) is 2.73. The van der Waals surface area contributed by atoms with E-state index in [1.807, 2.05) is 0 Å². The number of aryl methyl sites for hydroxylation is 2. The minimum atomic E-state index is -0.707. The van der Waals surface area contributed by atoms with Crippen molar-refractivity contribution in [1.82, 2.24) is 5.32 Å². The molecule has 1 aliphatic carbocycles. The zero-order chi connectivity index (χ0) is 11.8. The van der Waals surface area contributed by atoms with Gasteiger partial charge in [0, 0.05) is 9.75 Å². The fraction of sp³-hybridized carbons (Fsp3) is 0.500. The van der Waals surface area contributed by atoms with E-state index in [0.717, 1.165) is 4.88 Å². The highest BCUT2D eigenvalue weighted by Crippen LogP contribution is 2.45. The van der Waals surface area contributed by atoms with Gasteiger partial charge in [-0.25, -0.2) is 0 Å². The third-order valence-electron chi connectivity index (χ3n) is 3.04. The topological polar surface area (TPSA) is 52.9 Å². The van der Waals surface area contributed by atoms with E-state index in [-0.39, 0.29) is 5.91 Å². The molecule has 1 fully saturated rings. The molecule has 1 aliphatic rings. The van der Waals surface area contributed by atoms with Gasteiger partial charge in [-0.2, -0.15) is 5.26 Å². The Morgan fingerprint density at radius 3 is 2.75 bits per heavy atom. The van der Waals surface area contributed by atoms with Gasteiger partial charge in [-0.1, -0.05) is 0 Å². The van der Waals surface area contributed by atoms with Gasteiger partial charge in [0.15, 0.2) is 0 Å². The monoisotopic (exact) mass is 234 g/mol. The Labute approximate surface area is 99.1 Å². The Morgan fingerprint density at radius 1 is 1.62 bits per heavy atom. The largest absolute Gasteiger partial charge is 0.350 e. The molecule has 0 radical (unpaired) electrons. The highest BCUT2D eigenvalue weighted by Gasteiger charge is 2.50. The standard InChI is InChI=1S/C12H14N2OS/c1-8-5-10(16-9(8)2)6-14-11(15)12(7-13)3-4-12/h5H,3-4,6H2,1-2H3,(H,14,15). The summed E-state index contributed by atoms with van der Waals surface area (Å²) in [7, 11) is 0. The van der Waals surface area contributed by atoms with Crippen molar-refractivity contribution in [1.29, 1.82) is 5.26 Å². The SMILES string of the molecule is Cc1cc(CNC(=O)C2(C#N)CC2)sc1C. The number of nitrogens with one attached hydrogen (secondary N) is 1. The molecule has 0 aliphatic heterocycles. The molecule has 1 N–H and O–H groups in total. The molecule has 1 saturated carbocycles. The normalized spacial score (nSPS) is 16.6. The first-order valence-corrected chi connectivity index (χ1v) is 6.14. The van der Waals surface area contributed by atoms with Crippen LogP contribution in [0, 0.1) is 30.6 Å². The molecule has 3 nitrogen and oxygen atoms in total. The van der Waals surface area contributed by atoms with Crippen LogP contribution in [0.4, 0.5) is 0 Å². The Morgan fingerprint density at radius 2 is 2.31 bits per heavy atom. The molecule has 2 rings (SSSR count). The van der Waals surface area contributed by atoms with Crippen LogP contribution in [-0.4, -0.2) is 5.91 Å². The summed E-state index contributed by atoms with van der Waals surface area (Å²) in [4.78, 5) is 14.1. The van der Waals surface area contributed by atoms with E-state index < -0.39 is 5.41 Å². The molecule has 0 saturated heterocycles. The van der Waals surface area contributed by atoms with Crippen molar-refractivity contribution in [3.8, 4) is 6.07 Å². The zero-order valence-corrected chi connectivity index (χ0v) is 10.3. The average molecular weight is 234 g/mol. The highest BCUT2D eigenvalue weighted by molar-refractivity contribution is 7.12. The maximum atomic E-state index is 11.7. The van der Waals surface area contributed by atoms with Gasteiger partial charge in [0.05, 0.1) is 12.6 Å². The first-order chi connectivity index (χ1) is 7.57. The number of hydrogen-bond acceptors (Lipinski definition) is 3. The fourth-order valence-electron chi connectivity index (χ4n) is 1.59. The number of nitrogens with zero attached hydrogens (tertiary/aromatic N) is 1. The molecule has 0 atom stereocenters. The molecule has 1 heterocycles. The van der Waals surface area contributed by atoms with E-state index in [1.54, 1.807) is 11.3 Å². The van der Waals surface area contributed by atoms with Crippen LogP contribution >= 0.6 is 11.3 Å². The molecule has 1 aromatic rings. The second kappa shape index (κ2) is 3.91. The predicted molar refractivity (Wildman–Crippen MR) is 62.9 cm³/mol. The Balaban J connectivity index is 1.93. The lowest BCUT2D eigenvalue weighted by Gasteiger charge is -2.06. The Bertz CT molecular complexity index is 446. The van der Waals surface area contributed by atoms with E-state index in [1.165, 1.54) is 10.4 Å². The van der Waals surface area contributed by atoms with Crippen LogP contribution in [0.15, 0.2) is 6.07 Å². The van der Waals surface area contributed by atoms with Crippen LogP contribution in [0.5, 0.6) is 0 Å². The predicted octanol–water partition coefficient (Wildman–Crippen LogP) is 2.28. The van der Waals surface area contributed by atoms with E-state index in [4.69, 9.17) is 5.26 Å². The number of hydrogen-bond donors (Lipinski definition) is 1. The quantitative estimate of drug-likeness (QED) is 0.872. The summed E-state index contributed by atoms with van der Waals surface area (Å²) in [6.45, 7) is 4.68. The number of carbonyl (C=O) groups excluding carboxylic acids is 1. The van der Waals surface area contributed by atoms with Crippen molar-refractivity contribution in [2.24, 2.45) is 5.41 Å². The Hall–Kier alpha value is -1.34. The summed E-state index contributed by atoms with van der Waals surface area (Å²) >= 11 is 1.70. The molecule has 0 bridgehead atoms. The van der Waals surface area contributed by atoms with Gasteiger partial charge in [-0.15, -0.1) is 11.3 Å². The van der Waals surface area contributed by atoms with Gasteiger partial charge in [-0.3, -0.25) is 4.79 Å². The number of amides is 1. The lowest BCUT2D eigenvalue weighted by molar-refractivity contribution is -0.124. The fourth-order valence-corrected chi connectivity index (χ4v) is 2.58. The smallest absolute Gasteiger partial charge is 0.240 e. The summed E-state index contributed by atoms with van der Waals surface area (Å²) in [6, 6.07) is 4.19. The van der Waals surface area contributed by atoms with E-state index in [9.17, 15) is 4.79 Å². The lowest BCUT2D eigenvalue weighted by atomic mass is 10.1. The van der Waals surface area contributed by atoms with E-state index in [2.05, 4.69) is 31.3 Å². The summed E-state index contributed by atoms with van der Waals surface area (Å²) < 4.78 is 0. The highest BCUT2D eigenvalue weighted by atomic mass is 32.1. The summed E-state index contributed by atoms with van der Waals surface area (Å²) in [5.41, 5.74) is 0.553. The third-order valence-corrected chi connectivity index (χ3v) is 4.19. The van der Waals surface area contributed by atoms with Crippen molar-refractivity contribution in [2.45, 2.75) is 33.2 Å². The van der Waals surface area contributed by atoms with Crippen LogP contribution in [0.3, 0.4) is 0 Å². The van der Waals surface area contributed by atoms with Gasteiger partial charge in [-0.05, 0) is 38.3 Å². The first-order valence-electron chi connectivity index (χ1n) is 5.33. The number of carbonyl (C=O) groups is 1. The first kappa shape index (κ1) is 11.2. The molecule has 0 unspecified atom stereocenters. The molecular formula is C12H14N2OS. The molecule has 16 heavy (non-hydrogen) atoms. The van der Waals surface area contributed by atoms with Gasteiger partial charge in [0.2, 0.25) is 5.91 Å². The van der Waals surface area contributed by atoms with Crippen LogP contribution in [0.1, 0.15) is 28.2 Å². The zero-order valence-electron chi connectivity index (χ0n) is 9.46. The maximum Gasteiger partial charge on any atom is 0.240 e. The van der Waals surface area contributed by atoms with Crippen LogP contribution < -0.4 is 5.32 Å². The minimum Gasteiger partial charge on any atom is -0.350 e. The van der Waals surface area contributed by atoms with Crippen molar-refractivity contribution >= 4 is 17.2 Å². The minimum absolute atomic E-state index is 0.112. The van der Waals surface area contributed by atoms with E-state index in [0.29, 0.717) is 19.4 Å². The van der Waals surface area contributed by atoms with Gasteiger partial charge >= 0.3 is 0 Å². The maximum absolute atomic E-state index is 11.7. The van der Waals surface area contributed by atoms with Crippen LogP contribution in [-0.2, 0) is 11.3 Å². The van der Waals surface area contributed by atoms with E-state index >= 15 is 0 Å². The van der Waals surface area contributed by atoms with Crippen molar-refractivity contribution in [3.05, 3.63) is 21.4 Å². The third kappa shape index (κ3) is 1.96. The second-order valence-corrected chi connectivity index (χ2v) is 5.67. The van der Waals surface area contributed by atoms with Gasteiger partial charge in [0.1, 0.15) is 5.41 Å². The molecule has 1 amide bonds. The molecular weight excluding hydrogens is 220 g/mol. The van der Waals surface area contributed by atoms with Crippen molar-refractivity contribution in [2.75, 3.05) is 0 Å². The summed E-state index contributed by atoms with van der Waals surface area (Å²) in [5.74, 6) is -0.112. The van der Waals surface area contributed by atoms with Crippen LogP contribution in [0.2, 0.25) is 0 Å². The molecule has 4 heteroatoms. The molecule has 0 aromatic carbocycles. The van der Waals surface area contributed by atoms with Crippen molar-refractivity contribution in [3.63, 3.8) is 0 Å². The van der Waals surface area contributed by atoms with Gasteiger partial charge in [0.25, 0.3) is 0 Å². The van der Waals surface area contributed by atoms with Crippen LogP contribution in [0.25, 0.3) is 0 Å². The number of nitriles is 1. The molecule has 84 valence electrons. The van der Waals surface area contributed by atoms with Crippen molar-refractivity contribution < 1.29 is 4.79 Å². The number of thiophene rings is 1.